The molecule has 3 N–H and O–H groups in total. The van der Waals surface area contributed by atoms with Crippen molar-refractivity contribution in [2.45, 2.75) is 13.0 Å². The first kappa shape index (κ1) is 13.5. The Kier molecular flexibility index (Phi) is 3.54. The number of nitrogens with one attached hydrogen (secondary N) is 1. The summed E-state index contributed by atoms with van der Waals surface area (Å²) in [5.74, 6) is 2.37. The van der Waals surface area contributed by atoms with Gasteiger partial charge in [0.15, 0.2) is 0 Å². The minimum Gasteiger partial charge on any atom is -0.497 e. The molecule has 1 atom stereocenters. The van der Waals surface area contributed by atoms with Gasteiger partial charge >= 0.3 is 0 Å². The van der Waals surface area contributed by atoms with Gasteiger partial charge in [-0.1, -0.05) is 0 Å². The third-order valence-corrected chi connectivity index (χ3v) is 3.47. The zero-order valence-corrected chi connectivity index (χ0v) is 12.1. The van der Waals surface area contributed by atoms with Gasteiger partial charge in [-0.25, -0.2) is 0 Å². The fraction of sp³-hybridized carbons (Fsp3) is 0.176. The van der Waals surface area contributed by atoms with E-state index in [-0.39, 0.29) is 6.04 Å². The summed E-state index contributed by atoms with van der Waals surface area (Å²) in [6.45, 7) is 1.97. The second kappa shape index (κ2) is 5.50. The zero-order valence-electron chi connectivity index (χ0n) is 12.1. The summed E-state index contributed by atoms with van der Waals surface area (Å²) in [5.41, 5.74) is 8.13. The highest BCUT2D eigenvalue weighted by atomic mass is 16.5. The minimum atomic E-state index is -0.0185. The molecule has 1 aromatic heterocycles. The largest absolute Gasteiger partial charge is 0.497 e. The van der Waals surface area contributed by atoms with Crippen molar-refractivity contribution in [1.29, 1.82) is 0 Å². The fourth-order valence-corrected chi connectivity index (χ4v) is 2.34. The molecule has 4 nitrogen and oxygen atoms in total. The SMILES string of the molecule is COc1ccc(Oc2ccc3[nH]cc(C(C)N)c3c2)cc1. The van der Waals surface area contributed by atoms with E-state index in [1.807, 2.05) is 55.6 Å². The summed E-state index contributed by atoms with van der Waals surface area (Å²) in [4.78, 5) is 3.22. The number of benzene rings is 2. The molecule has 3 aromatic rings. The van der Waals surface area contributed by atoms with Crippen LogP contribution in [0, 0.1) is 0 Å². The van der Waals surface area contributed by atoms with E-state index in [0.717, 1.165) is 33.7 Å². The molecule has 0 saturated heterocycles. The molecule has 0 radical (unpaired) electrons. The zero-order chi connectivity index (χ0) is 14.8. The van der Waals surface area contributed by atoms with Crippen LogP contribution in [0.25, 0.3) is 10.9 Å². The lowest BCUT2D eigenvalue weighted by molar-refractivity contribution is 0.413. The smallest absolute Gasteiger partial charge is 0.128 e. The van der Waals surface area contributed by atoms with Crippen molar-refractivity contribution in [3.05, 3.63) is 54.2 Å². The average molecular weight is 282 g/mol. The number of H-pyrrole nitrogens is 1. The molecule has 0 saturated carbocycles. The first-order valence-corrected chi connectivity index (χ1v) is 6.86. The number of hydrogen-bond donors (Lipinski definition) is 2. The van der Waals surface area contributed by atoms with Crippen LogP contribution in [0.1, 0.15) is 18.5 Å². The van der Waals surface area contributed by atoms with Gasteiger partial charge in [-0.3, -0.25) is 0 Å². The Morgan fingerprint density at radius 3 is 2.33 bits per heavy atom. The molecule has 0 spiro atoms. The number of aromatic nitrogens is 1. The van der Waals surface area contributed by atoms with Crippen LogP contribution >= 0.6 is 0 Å². The molecule has 0 aliphatic carbocycles. The lowest BCUT2D eigenvalue weighted by Crippen LogP contribution is -2.03. The third-order valence-electron chi connectivity index (χ3n) is 3.47. The van der Waals surface area contributed by atoms with Gasteiger partial charge in [-0.2, -0.15) is 0 Å². The van der Waals surface area contributed by atoms with Gasteiger partial charge in [-0.05, 0) is 55.0 Å². The first-order chi connectivity index (χ1) is 10.2. The van der Waals surface area contributed by atoms with Crippen molar-refractivity contribution in [2.24, 2.45) is 5.73 Å². The van der Waals surface area contributed by atoms with Crippen LogP contribution in [-0.2, 0) is 0 Å². The Labute approximate surface area is 123 Å². The van der Waals surface area contributed by atoms with E-state index < -0.39 is 0 Å². The van der Waals surface area contributed by atoms with Crippen LogP contribution < -0.4 is 15.2 Å². The Morgan fingerprint density at radius 2 is 1.67 bits per heavy atom. The van der Waals surface area contributed by atoms with E-state index in [0.29, 0.717) is 0 Å². The summed E-state index contributed by atoms with van der Waals surface area (Å²) in [6, 6.07) is 13.4. The topological polar surface area (TPSA) is 60.3 Å². The third kappa shape index (κ3) is 2.71. The van der Waals surface area contributed by atoms with Gasteiger partial charge in [-0.15, -0.1) is 0 Å². The molecule has 0 fully saturated rings. The maximum absolute atomic E-state index is 5.98. The first-order valence-electron chi connectivity index (χ1n) is 6.86. The standard InChI is InChI=1S/C17H18N2O2/c1-11(18)16-10-19-17-8-7-14(9-15(16)17)21-13-5-3-12(20-2)4-6-13/h3-11,19H,18H2,1-2H3. The van der Waals surface area contributed by atoms with Gasteiger partial charge in [0.25, 0.3) is 0 Å². The van der Waals surface area contributed by atoms with Crippen molar-refractivity contribution in [3.8, 4) is 17.2 Å². The van der Waals surface area contributed by atoms with Crippen molar-refractivity contribution >= 4 is 10.9 Å². The Hall–Kier alpha value is -2.46. The number of methoxy groups -OCH3 is 1. The number of fused-ring (bicyclic) bond motifs is 1. The summed E-state index contributed by atoms with van der Waals surface area (Å²) < 4.78 is 11.0. The molecule has 4 heteroatoms. The van der Waals surface area contributed by atoms with E-state index in [1.165, 1.54) is 0 Å². The molecular formula is C17H18N2O2. The average Bonchev–Trinajstić information content (AvgIpc) is 2.91. The monoisotopic (exact) mass is 282 g/mol. The van der Waals surface area contributed by atoms with Crippen LogP contribution in [0.3, 0.4) is 0 Å². The highest BCUT2D eigenvalue weighted by Crippen LogP contribution is 2.30. The van der Waals surface area contributed by atoms with Gasteiger partial charge in [0.2, 0.25) is 0 Å². The molecule has 0 aliphatic heterocycles. The van der Waals surface area contributed by atoms with Crippen LogP contribution in [0.4, 0.5) is 0 Å². The molecule has 2 aromatic carbocycles. The second-order valence-electron chi connectivity index (χ2n) is 5.02. The molecule has 3 rings (SSSR count). The van der Waals surface area contributed by atoms with Gasteiger partial charge in [0, 0.05) is 23.1 Å². The lowest BCUT2D eigenvalue weighted by Gasteiger charge is -2.08. The maximum atomic E-state index is 5.98. The van der Waals surface area contributed by atoms with Gasteiger partial charge in [0.1, 0.15) is 17.2 Å². The van der Waals surface area contributed by atoms with Gasteiger partial charge < -0.3 is 20.2 Å². The van der Waals surface area contributed by atoms with Crippen LogP contribution in [0.2, 0.25) is 0 Å². The Bertz CT molecular complexity index is 745. The maximum Gasteiger partial charge on any atom is 0.128 e. The van der Waals surface area contributed by atoms with E-state index in [4.69, 9.17) is 15.2 Å². The number of hydrogen-bond acceptors (Lipinski definition) is 3. The van der Waals surface area contributed by atoms with E-state index in [2.05, 4.69) is 4.98 Å². The van der Waals surface area contributed by atoms with Crippen LogP contribution in [-0.4, -0.2) is 12.1 Å². The lowest BCUT2D eigenvalue weighted by atomic mass is 10.1. The predicted octanol–water partition coefficient (Wildman–Crippen LogP) is 3.99. The second-order valence-corrected chi connectivity index (χ2v) is 5.02. The highest BCUT2D eigenvalue weighted by molar-refractivity contribution is 5.85. The van der Waals surface area contributed by atoms with Crippen molar-refractivity contribution in [2.75, 3.05) is 7.11 Å². The highest BCUT2D eigenvalue weighted by Gasteiger charge is 2.09. The van der Waals surface area contributed by atoms with Crippen molar-refractivity contribution in [3.63, 3.8) is 0 Å². The molecule has 1 heterocycles. The van der Waals surface area contributed by atoms with E-state index in [1.54, 1.807) is 7.11 Å². The Morgan fingerprint density at radius 1 is 1.00 bits per heavy atom. The van der Waals surface area contributed by atoms with Crippen LogP contribution in [0.5, 0.6) is 17.2 Å². The predicted molar refractivity (Wildman–Crippen MR) is 84.0 cm³/mol. The number of rotatable bonds is 4. The molecule has 0 bridgehead atoms. The fourth-order valence-electron chi connectivity index (χ4n) is 2.34. The summed E-state index contributed by atoms with van der Waals surface area (Å²) in [7, 11) is 1.64. The van der Waals surface area contributed by atoms with Crippen molar-refractivity contribution in [1.82, 2.24) is 4.98 Å². The van der Waals surface area contributed by atoms with E-state index in [9.17, 15) is 0 Å². The summed E-state index contributed by atoms with van der Waals surface area (Å²) >= 11 is 0. The van der Waals surface area contributed by atoms with Crippen molar-refractivity contribution < 1.29 is 9.47 Å². The van der Waals surface area contributed by atoms with E-state index >= 15 is 0 Å². The number of nitrogens with two attached hydrogens (primary N) is 1. The minimum absolute atomic E-state index is 0.0185. The number of ether oxygens (including phenoxy) is 2. The normalized spacial score (nSPS) is 12.3. The molecule has 0 amide bonds. The summed E-state index contributed by atoms with van der Waals surface area (Å²) in [5, 5.41) is 1.09. The Balaban J connectivity index is 1.91. The molecule has 1 unspecified atom stereocenters. The molecule has 108 valence electrons. The van der Waals surface area contributed by atoms with Crippen LogP contribution in [0.15, 0.2) is 48.7 Å². The van der Waals surface area contributed by atoms with Gasteiger partial charge in [0.05, 0.1) is 7.11 Å². The molecule has 0 aliphatic rings. The molecular weight excluding hydrogens is 264 g/mol. The molecule has 21 heavy (non-hydrogen) atoms. The quantitative estimate of drug-likeness (QED) is 0.760. The summed E-state index contributed by atoms with van der Waals surface area (Å²) in [6.07, 6.45) is 1.95. The number of aromatic amines is 1.